The highest BCUT2D eigenvalue weighted by atomic mass is 32.1. The van der Waals surface area contributed by atoms with E-state index in [1.807, 2.05) is 54.6 Å². The zero-order valence-electron chi connectivity index (χ0n) is 15.0. The number of para-hydroxylation sites is 1. The zero-order chi connectivity index (χ0) is 20.1. The van der Waals surface area contributed by atoms with Crippen molar-refractivity contribution in [3.63, 3.8) is 0 Å². The zero-order valence-corrected chi connectivity index (χ0v) is 15.8. The minimum Gasteiger partial charge on any atom is -0.276 e. The van der Waals surface area contributed by atoms with Crippen LogP contribution in [0.4, 0.5) is 16.5 Å². The lowest BCUT2D eigenvalue weighted by Gasteiger charge is -2.03. The van der Waals surface area contributed by atoms with Gasteiger partial charge in [0.2, 0.25) is 11.0 Å². The molecular weight excluding hydrogens is 388 g/mol. The van der Waals surface area contributed by atoms with Crippen molar-refractivity contribution in [1.82, 2.24) is 4.98 Å². The number of amidine groups is 1. The number of nitrogens with zero attached hydrogens (tertiary/aromatic N) is 5. The molecule has 142 valence electrons. The van der Waals surface area contributed by atoms with Gasteiger partial charge in [-0.2, -0.15) is 5.10 Å². The maximum absolute atomic E-state index is 10.8. The molecule has 8 nitrogen and oxygen atoms in total. The van der Waals surface area contributed by atoms with E-state index in [2.05, 4.69) is 25.7 Å². The van der Waals surface area contributed by atoms with Gasteiger partial charge in [0, 0.05) is 17.7 Å². The number of hydrazone groups is 1. The molecule has 0 bridgehead atoms. The SMILES string of the molecule is O=[N+]([O-])c1ccc(NN=C(N=Nc2nc3ccccc3s2)c2ccccc2)cc1. The Morgan fingerprint density at radius 1 is 0.966 bits per heavy atom. The monoisotopic (exact) mass is 402 g/mol. The van der Waals surface area contributed by atoms with Gasteiger partial charge in [0.1, 0.15) is 0 Å². The molecule has 0 fully saturated rings. The summed E-state index contributed by atoms with van der Waals surface area (Å²) in [7, 11) is 0. The molecule has 29 heavy (non-hydrogen) atoms. The highest BCUT2D eigenvalue weighted by Gasteiger charge is 2.06. The van der Waals surface area contributed by atoms with Crippen molar-refractivity contribution in [3.8, 4) is 0 Å². The number of thiazole rings is 1. The fourth-order valence-corrected chi connectivity index (χ4v) is 3.29. The molecule has 1 heterocycles. The molecule has 1 aromatic heterocycles. The summed E-state index contributed by atoms with van der Waals surface area (Å²) >= 11 is 1.44. The minimum atomic E-state index is -0.450. The van der Waals surface area contributed by atoms with E-state index in [1.165, 1.54) is 23.5 Å². The molecule has 4 rings (SSSR count). The molecule has 0 aliphatic rings. The van der Waals surface area contributed by atoms with Gasteiger partial charge in [-0.25, -0.2) is 4.98 Å². The van der Waals surface area contributed by atoms with Crippen LogP contribution in [0, 0.1) is 10.1 Å². The van der Waals surface area contributed by atoms with Gasteiger partial charge < -0.3 is 0 Å². The van der Waals surface area contributed by atoms with Crippen molar-refractivity contribution >= 4 is 43.9 Å². The van der Waals surface area contributed by atoms with Crippen LogP contribution in [0.3, 0.4) is 0 Å². The van der Waals surface area contributed by atoms with E-state index < -0.39 is 4.92 Å². The minimum absolute atomic E-state index is 0.0123. The standard InChI is InChI=1S/C20H14N6O2S/c27-26(28)16-12-10-15(11-13-16)22-23-19(14-6-2-1-3-7-14)24-25-20-21-17-8-4-5-9-18(17)29-20/h1-13,22H. The molecule has 0 aliphatic heterocycles. The molecule has 0 radical (unpaired) electrons. The third-order valence-electron chi connectivity index (χ3n) is 3.91. The van der Waals surface area contributed by atoms with E-state index in [4.69, 9.17) is 0 Å². The van der Waals surface area contributed by atoms with Crippen molar-refractivity contribution in [3.05, 3.63) is 94.5 Å². The fraction of sp³-hybridized carbons (Fsp3) is 0. The molecule has 0 aliphatic carbocycles. The van der Waals surface area contributed by atoms with Crippen LogP contribution in [0.25, 0.3) is 10.2 Å². The Balaban J connectivity index is 1.60. The predicted octanol–water partition coefficient (Wildman–Crippen LogP) is 5.76. The third-order valence-corrected chi connectivity index (χ3v) is 4.83. The second kappa shape index (κ2) is 8.36. The van der Waals surface area contributed by atoms with Crippen LogP contribution in [0.15, 0.2) is 94.2 Å². The lowest BCUT2D eigenvalue weighted by molar-refractivity contribution is -0.384. The highest BCUT2D eigenvalue weighted by molar-refractivity contribution is 7.21. The van der Waals surface area contributed by atoms with E-state index in [9.17, 15) is 10.1 Å². The molecule has 0 atom stereocenters. The second-order valence-electron chi connectivity index (χ2n) is 5.88. The number of aromatic nitrogens is 1. The average Bonchev–Trinajstić information content (AvgIpc) is 3.17. The van der Waals surface area contributed by atoms with E-state index >= 15 is 0 Å². The number of rotatable bonds is 5. The van der Waals surface area contributed by atoms with Crippen molar-refractivity contribution in [2.75, 3.05) is 5.43 Å². The van der Waals surface area contributed by atoms with Gasteiger partial charge in [-0.05, 0) is 24.3 Å². The molecule has 1 N–H and O–H groups in total. The number of azo groups is 1. The molecule has 3 aromatic carbocycles. The van der Waals surface area contributed by atoms with Crippen LogP contribution < -0.4 is 5.43 Å². The van der Waals surface area contributed by atoms with Gasteiger partial charge in [0.05, 0.1) is 20.8 Å². The summed E-state index contributed by atoms with van der Waals surface area (Å²) in [6.45, 7) is 0. The second-order valence-corrected chi connectivity index (χ2v) is 6.89. The Morgan fingerprint density at radius 2 is 1.69 bits per heavy atom. The van der Waals surface area contributed by atoms with Crippen LogP contribution in [0.5, 0.6) is 0 Å². The third kappa shape index (κ3) is 4.47. The highest BCUT2D eigenvalue weighted by Crippen LogP contribution is 2.28. The molecule has 4 aromatic rings. The average molecular weight is 402 g/mol. The Bertz CT molecular complexity index is 1170. The van der Waals surface area contributed by atoms with Gasteiger partial charge >= 0.3 is 0 Å². The normalized spacial score (nSPS) is 11.8. The van der Waals surface area contributed by atoms with Crippen molar-refractivity contribution in [2.45, 2.75) is 0 Å². The Hall–Kier alpha value is -3.98. The van der Waals surface area contributed by atoms with Gasteiger partial charge in [-0.1, -0.05) is 53.8 Å². The smallest absolute Gasteiger partial charge is 0.269 e. The van der Waals surface area contributed by atoms with E-state index in [0.29, 0.717) is 16.7 Å². The number of nitro benzene ring substituents is 1. The predicted molar refractivity (Wildman–Crippen MR) is 114 cm³/mol. The summed E-state index contributed by atoms with van der Waals surface area (Å²) in [5.41, 5.74) is 5.11. The first-order valence-corrected chi connectivity index (χ1v) is 9.41. The number of benzene rings is 3. The topological polar surface area (TPSA) is 105 Å². The lowest BCUT2D eigenvalue weighted by Crippen LogP contribution is -2.01. The fourth-order valence-electron chi connectivity index (χ4n) is 2.50. The summed E-state index contributed by atoms with van der Waals surface area (Å²) in [5, 5.41) is 24.1. The number of anilines is 1. The van der Waals surface area contributed by atoms with E-state index in [0.717, 1.165) is 15.8 Å². The Kier molecular flexibility index (Phi) is 5.30. The van der Waals surface area contributed by atoms with Crippen LogP contribution in [0.1, 0.15) is 5.56 Å². The maximum atomic E-state index is 10.8. The maximum Gasteiger partial charge on any atom is 0.269 e. The number of hydrogen-bond acceptors (Lipinski definition) is 7. The van der Waals surface area contributed by atoms with Gasteiger partial charge in [-0.3, -0.25) is 15.5 Å². The Labute approximate surface area is 169 Å². The number of nitro groups is 1. The summed E-state index contributed by atoms with van der Waals surface area (Å²) < 4.78 is 1.03. The van der Waals surface area contributed by atoms with Crippen molar-refractivity contribution in [1.29, 1.82) is 0 Å². The molecule has 0 unspecified atom stereocenters. The number of hydrogen-bond donors (Lipinski definition) is 1. The summed E-state index contributed by atoms with van der Waals surface area (Å²) in [6.07, 6.45) is 0. The van der Waals surface area contributed by atoms with Crippen LogP contribution in [-0.4, -0.2) is 15.7 Å². The number of non-ortho nitro benzene ring substituents is 1. The molecule has 0 amide bonds. The van der Waals surface area contributed by atoms with Crippen molar-refractivity contribution in [2.24, 2.45) is 15.3 Å². The molecular formula is C20H14N6O2S. The van der Waals surface area contributed by atoms with Crippen LogP contribution >= 0.6 is 11.3 Å². The van der Waals surface area contributed by atoms with Gasteiger partial charge in [0.25, 0.3) is 5.69 Å². The van der Waals surface area contributed by atoms with E-state index in [-0.39, 0.29) is 5.69 Å². The lowest BCUT2D eigenvalue weighted by atomic mass is 10.2. The molecule has 0 saturated heterocycles. The number of fused-ring (bicyclic) bond motifs is 1. The van der Waals surface area contributed by atoms with Gasteiger partial charge in [0.15, 0.2) is 0 Å². The first kappa shape index (κ1) is 18.4. The quantitative estimate of drug-likeness (QED) is 0.150. The van der Waals surface area contributed by atoms with Crippen LogP contribution in [0.2, 0.25) is 0 Å². The summed E-state index contributed by atoms with van der Waals surface area (Å²) in [4.78, 5) is 14.8. The summed E-state index contributed by atoms with van der Waals surface area (Å²) in [5.74, 6) is 0.364. The molecule has 9 heteroatoms. The molecule has 0 spiro atoms. The van der Waals surface area contributed by atoms with Crippen LogP contribution in [-0.2, 0) is 0 Å². The summed E-state index contributed by atoms with van der Waals surface area (Å²) in [6, 6.07) is 23.1. The molecule has 0 saturated carbocycles. The largest absolute Gasteiger partial charge is 0.276 e. The van der Waals surface area contributed by atoms with Crippen molar-refractivity contribution < 1.29 is 4.92 Å². The first-order valence-electron chi connectivity index (χ1n) is 8.60. The first-order chi connectivity index (χ1) is 14.2. The van der Waals surface area contributed by atoms with E-state index in [1.54, 1.807) is 12.1 Å². The Morgan fingerprint density at radius 3 is 2.41 bits per heavy atom. The van der Waals surface area contributed by atoms with Gasteiger partial charge in [-0.15, -0.1) is 10.2 Å². The number of nitrogens with one attached hydrogen (secondary N) is 1.